The van der Waals surface area contributed by atoms with Crippen LogP contribution in [0, 0.1) is 0 Å². The summed E-state index contributed by atoms with van der Waals surface area (Å²) in [5.74, 6) is 0. The van der Waals surface area contributed by atoms with Gasteiger partial charge in [0.25, 0.3) is 0 Å². The zero-order chi connectivity index (χ0) is 13.8. The lowest BCUT2D eigenvalue weighted by molar-refractivity contribution is 0.877. The summed E-state index contributed by atoms with van der Waals surface area (Å²) in [5.41, 5.74) is 4.28. The molecular weight excluding hydrogens is 239 g/mol. The molecule has 0 unspecified atom stereocenters. The molecule has 3 rings (SSSR count). The predicted octanol–water partition coefficient (Wildman–Crippen LogP) is 3.34. The third-order valence-electron chi connectivity index (χ3n) is 3.19. The Kier molecular flexibility index (Phi) is 3.43. The van der Waals surface area contributed by atoms with Crippen molar-refractivity contribution < 1.29 is 0 Å². The minimum Gasteiger partial charge on any atom is -0.0897 e. The fourth-order valence-electron chi connectivity index (χ4n) is 2.31. The highest BCUT2D eigenvalue weighted by Gasteiger charge is 2.24. The van der Waals surface area contributed by atoms with Crippen LogP contribution in [0.25, 0.3) is 0 Å². The van der Waals surface area contributed by atoms with Crippen LogP contribution >= 0.6 is 0 Å². The van der Waals surface area contributed by atoms with Crippen molar-refractivity contribution in [1.82, 2.24) is 0 Å². The smallest absolute Gasteiger partial charge is 0.0255 e. The molecule has 0 amide bonds. The minimum atomic E-state index is 0.0169. The highest BCUT2D eigenvalue weighted by atomic mass is 14.3. The van der Waals surface area contributed by atoms with E-state index in [-0.39, 0.29) is 13.2 Å². The van der Waals surface area contributed by atoms with Gasteiger partial charge in [0.1, 0.15) is 0 Å². The van der Waals surface area contributed by atoms with Crippen LogP contribution < -0.4 is 0 Å². The normalized spacial score (nSPS) is 11.2. The van der Waals surface area contributed by atoms with Crippen molar-refractivity contribution in [2.45, 2.75) is 5.31 Å². The average Bonchev–Trinajstić information content (AvgIpc) is 2.56. The molecule has 0 N–H and O–H groups in total. The molecule has 0 saturated heterocycles. The van der Waals surface area contributed by atoms with Gasteiger partial charge >= 0.3 is 0 Å². The molecule has 3 aromatic carbocycles. The standard InChI is InChI=1S/C19H18B/c20-19(16-10-4-1-5-11-16,17-12-6-2-7-13-17)18-14-8-3-9-15-18/h1-15H,20H3/q-1. The van der Waals surface area contributed by atoms with Crippen molar-refractivity contribution in [3.05, 3.63) is 108 Å². The molecule has 0 aromatic heterocycles. The Labute approximate surface area is 121 Å². The van der Waals surface area contributed by atoms with Crippen LogP contribution in [-0.4, -0.2) is 7.85 Å². The molecule has 0 spiro atoms. The van der Waals surface area contributed by atoms with Gasteiger partial charge in [0.05, 0.1) is 0 Å². The van der Waals surface area contributed by atoms with Crippen LogP contribution in [0.3, 0.4) is 0 Å². The minimum absolute atomic E-state index is 0.0169. The topological polar surface area (TPSA) is 0 Å². The molecular formula is C19H18B-. The largest absolute Gasteiger partial charge is 0.0897 e. The van der Waals surface area contributed by atoms with Gasteiger partial charge in [0.2, 0.25) is 0 Å². The number of hydrogen-bond acceptors (Lipinski definition) is 0. The number of rotatable bonds is 3. The van der Waals surface area contributed by atoms with Crippen molar-refractivity contribution in [2.24, 2.45) is 0 Å². The van der Waals surface area contributed by atoms with Crippen LogP contribution in [0.2, 0.25) is 0 Å². The van der Waals surface area contributed by atoms with Crippen molar-refractivity contribution in [3.63, 3.8) is 0 Å². The zero-order valence-electron chi connectivity index (χ0n) is 10.7. The molecule has 0 aliphatic carbocycles. The summed E-state index contributed by atoms with van der Waals surface area (Å²) < 4.78 is 0. The Morgan fingerprint density at radius 2 is 0.700 bits per heavy atom. The molecule has 0 saturated carbocycles. The van der Waals surface area contributed by atoms with Crippen molar-refractivity contribution in [1.29, 1.82) is 0 Å². The molecule has 1 heteroatoms. The number of benzene rings is 3. The summed E-state index contributed by atoms with van der Waals surface area (Å²) in [4.78, 5) is 0. The molecule has 0 atom stereocenters. The van der Waals surface area contributed by atoms with Crippen LogP contribution in [0.4, 0.5) is 0 Å². The second-order valence-corrected chi connectivity index (χ2v) is 4.47. The van der Waals surface area contributed by atoms with E-state index < -0.39 is 0 Å². The first-order chi connectivity index (χ1) is 9.82. The Morgan fingerprint density at radius 1 is 0.450 bits per heavy atom. The molecule has 0 aliphatic heterocycles. The molecule has 0 bridgehead atoms. The van der Waals surface area contributed by atoms with Gasteiger partial charge in [0.15, 0.2) is 0 Å². The molecule has 0 nitrogen and oxygen atoms in total. The third-order valence-corrected chi connectivity index (χ3v) is 3.19. The summed E-state index contributed by atoms with van der Waals surface area (Å²) in [7, 11) is 0.0169. The van der Waals surface area contributed by atoms with Gasteiger partial charge in [-0.1, -0.05) is 113 Å². The van der Waals surface area contributed by atoms with E-state index in [4.69, 9.17) is 0 Å². The molecule has 0 radical (unpaired) electrons. The Hall–Kier alpha value is -2.28. The Balaban J connectivity index is 2.24. The maximum absolute atomic E-state index is 2.27. The van der Waals surface area contributed by atoms with E-state index in [1.165, 1.54) is 16.7 Å². The second kappa shape index (κ2) is 5.38. The van der Waals surface area contributed by atoms with Gasteiger partial charge in [-0.2, -0.15) is 0 Å². The van der Waals surface area contributed by atoms with Crippen LogP contribution in [0.15, 0.2) is 91.0 Å². The van der Waals surface area contributed by atoms with E-state index in [1.807, 2.05) is 0 Å². The highest BCUT2D eigenvalue weighted by Crippen LogP contribution is 2.35. The maximum atomic E-state index is 2.27. The van der Waals surface area contributed by atoms with Crippen LogP contribution in [-0.2, 0) is 5.31 Å². The molecule has 0 heterocycles. The zero-order valence-corrected chi connectivity index (χ0v) is 10.7. The van der Waals surface area contributed by atoms with E-state index >= 15 is 0 Å². The lowest BCUT2D eigenvalue weighted by atomic mass is 9.56. The number of hydrogen-bond donors (Lipinski definition) is 0. The first kappa shape index (κ1) is 12.7. The van der Waals surface area contributed by atoms with Crippen molar-refractivity contribution in [3.8, 4) is 0 Å². The Bertz CT molecular complexity index is 563. The van der Waals surface area contributed by atoms with Gasteiger partial charge in [-0.25, -0.2) is 0 Å². The van der Waals surface area contributed by atoms with Crippen molar-refractivity contribution >= 4 is 7.85 Å². The van der Waals surface area contributed by atoms with E-state index in [2.05, 4.69) is 91.0 Å². The summed E-state index contributed by atoms with van der Waals surface area (Å²) >= 11 is 0. The van der Waals surface area contributed by atoms with Crippen molar-refractivity contribution in [2.75, 3.05) is 0 Å². The highest BCUT2D eigenvalue weighted by molar-refractivity contribution is 6.20. The Morgan fingerprint density at radius 3 is 0.950 bits per heavy atom. The average molecular weight is 257 g/mol. The quantitative estimate of drug-likeness (QED) is 0.498. The molecule has 98 valence electrons. The van der Waals surface area contributed by atoms with Crippen LogP contribution in [0.1, 0.15) is 16.7 Å². The summed E-state index contributed by atoms with van der Waals surface area (Å²) in [5, 5.41) is 0.129. The van der Waals surface area contributed by atoms with Gasteiger partial charge < -0.3 is 0 Å². The SMILES string of the molecule is [BH3-]C(c1ccccc1)(c1ccccc1)c1ccccc1. The molecule has 0 fully saturated rings. The molecule has 3 aromatic rings. The van der Waals surface area contributed by atoms with Crippen LogP contribution in [0.5, 0.6) is 0 Å². The molecule has 0 aliphatic rings. The van der Waals surface area contributed by atoms with E-state index in [1.54, 1.807) is 0 Å². The third kappa shape index (κ3) is 2.16. The second-order valence-electron chi connectivity index (χ2n) is 4.47. The van der Waals surface area contributed by atoms with E-state index in [9.17, 15) is 0 Å². The summed E-state index contributed by atoms with van der Waals surface area (Å²) in [6.45, 7) is 0. The lowest BCUT2D eigenvalue weighted by Crippen LogP contribution is -2.29. The summed E-state index contributed by atoms with van der Waals surface area (Å²) in [6.07, 6.45) is 0. The lowest BCUT2D eigenvalue weighted by Gasteiger charge is -2.37. The summed E-state index contributed by atoms with van der Waals surface area (Å²) in [6, 6.07) is 32.8. The van der Waals surface area contributed by atoms with E-state index in [0.717, 1.165) is 0 Å². The monoisotopic (exact) mass is 257 g/mol. The fourth-order valence-corrected chi connectivity index (χ4v) is 2.31. The van der Waals surface area contributed by atoms with Gasteiger partial charge in [-0.3, -0.25) is 0 Å². The first-order valence-electron chi connectivity index (χ1n) is 6.48. The van der Waals surface area contributed by atoms with Gasteiger partial charge in [-0.05, 0) is 7.85 Å². The molecule has 20 heavy (non-hydrogen) atoms. The predicted molar refractivity (Wildman–Crippen MR) is 89.1 cm³/mol. The van der Waals surface area contributed by atoms with Gasteiger partial charge in [-0.15, -0.1) is 0 Å². The fraction of sp³-hybridized carbons (Fsp3) is 0.0526. The van der Waals surface area contributed by atoms with E-state index in [0.29, 0.717) is 0 Å². The van der Waals surface area contributed by atoms with Gasteiger partial charge in [0, 0.05) is 0 Å². The maximum Gasteiger partial charge on any atom is -0.0255 e. The first-order valence-corrected chi connectivity index (χ1v) is 6.48.